The number of thioether (sulfide) groups is 1. The van der Waals surface area contributed by atoms with E-state index in [9.17, 15) is 0 Å². The number of halogens is 1. The lowest BCUT2D eigenvalue weighted by Crippen LogP contribution is -1.89. The molecule has 16 heavy (non-hydrogen) atoms. The molecule has 0 aromatic carbocycles. The van der Waals surface area contributed by atoms with Crippen LogP contribution < -0.4 is 0 Å². The van der Waals surface area contributed by atoms with Crippen LogP contribution in [0.4, 0.5) is 0 Å². The lowest BCUT2D eigenvalue weighted by molar-refractivity contribution is 0.527. The molecule has 0 bridgehead atoms. The van der Waals surface area contributed by atoms with Gasteiger partial charge in [-0.05, 0) is 19.9 Å². The van der Waals surface area contributed by atoms with Gasteiger partial charge in [-0.25, -0.2) is 0 Å². The van der Waals surface area contributed by atoms with Gasteiger partial charge in [0.2, 0.25) is 0 Å². The van der Waals surface area contributed by atoms with Gasteiger partial charge in [0.1, 0.15) is 10.9 Å². The van der Waals surface area contributed by atoms with Crippen molar-refractivity contribution in [3.05, 3.63) is 34.5 Å². The van der Waals surface area contributed by atoms with Gasteiger partial charge in [0.25, 0.3) is 0 Å². The second kappa shape index (κ2) is 4.55. The minimum Gasteiger partial charge on any atom is -0.468 e. The molecular formula is C11H13ClN2OS. The highest BCUT2D eigenvalue weighted by atomic mass is 35.5. The van der Waals surface area contributed by atoms with Crippen molar-refractivity contribution in [2.45, 2.75) is 24.5 Å². The van der Waals surface area contributed by atoms with E-state index in [-0.39, 0.29) is 0 Å². The summed E-state index contributed by atoms with van der Waals surface area (Å²) in [7, 11) is 1.85. The standard InChI is InChI=1S/C11H13ClN2OS/c1-7-9(11(12)14(3)13-7)6-16-10-4-5-15-8(10)2/h4-5H,6H2,1-3H3. The molecule has 3 nitrogen and oxygen atoms in total. The van der Waals surface area contributed by atoms with Crippen LogP contribution >= 0.6 is 23.4 Å². The molecule has 2 aromatic heterocycles. The van der Waals surface area contributed by atoms with Crippen LogP contribution in [0, 0.1) is 13.8 Å². The van der Waals surface area contributed by atoms with Crippen molar-refractivity contribution in [1.29, 1.82) is 0 Å². The first-order valence-electron chi connectivity index (χ1n) is 4.94. The van der Waals surface area contributed by atoms with Gasteiger partial charge in [0, 0.05) is 23.3 Å². The first-order valence-corrected chi connectivity index (χ1v) is 6.31. The lowest BCUT2D eigenvalue weighted by atomic mass is 10.3. The van der Waals surface area contributed by atoms with Crippen molar-refractivity contribution in [3.8, 4) is 0 Å². The smallest absolute Gasteiger partial charge is 0.131 e. The maximum absolute atomic E-state index is 6.16. The summed E-state index contributed by atoms with van der Waals surface area (Å²) in [6.07, 6.45) is 1.70. The Kier molecular flexibility index (Phi) is 3.30. The summed E-state index contributed by atoms with van der Waals surface area (Å²) in [6, 6.07) is 1.97. The van der Waals surface area contributed by atoms with E-state index in [2.05, 4.69) is 5.10 Å². The largest absolute Gasteiger partial charge is 0.468 e. The Labute approximate surface area is 104 Å². The van der Waals surface area contributed by atoms with Gasteiger partial charge in [-0.3, -0.25) is 4.68 Å². The highest BCUT2D eigenvalue weighted by Gasteiger charge is 2.12. The third-order valence-corrected chi connectivity index (χ3v) is 4.09. The van der Waals surface area contributed by atoms with Crippen molar-refractivity contribution in [3.63, 3.8) is 0 Å². The maximum Gasteiger partial charge on any atom is 0.131 e. The van der Waals surface area contributed by atoms with E-state index < -0.39 is 0 Å². The highest BCUT2D eigenvalue weighted by Crippen LogP contribution is 2.30. The molecule has 0 aliphatic heterocycles. The number of aromatic nitrogens is 2. The first kappa shape index (κ1) is 11.6. The van der Waals surface area contributed by atoms with Gasteiger partial charge < -0.3 is 4.42 Å². The predicted molar refractivity (Wildman–Crippen MR) is 66.0 cm³/mol. The van der Waals surface area contributed by atoms with Crippen LogP contribution in [0.25, 0.3) is 0 Å². The average Bonchev–Trinajstić information content (AvgIpc) is 2.72. The number of furan rings is 1. The second-order valence-electron chi connectivity index (χ2n) is 3.61. The Balaban J connectivity index is 2.13. The van der Waals surface area contributed by atoms with Gasteiger partial charge in [-0.2, -0.15) is 5.10 Å². The Morgan fingerprint density at radius 3 is 2.75 bits per heavy atom. The zero-order valence-corrected chi connectivity index (χ0v) is 11.0. The number of nitrogens with zero attached hydrogens (tertiary/aromatic N) is 2. The van der Waals surface area contributed by atoms with E-state index in [1.165, 1.54) is 0 Å². The van der Waals surface area contributed by atoms with E-state index in [0.717, 1.165) is 27.7 Å². The molecule has 0 radical (unpaired) electrons. The minimum atomic E-state index is 0.714. The van der Waals surface area contributed by atoms with E-state index in [1.807, 2.05) is 27.0 Å². The van der Waals surface area contributed by atoms with E-state index in [4.69, 9.17) is 16.0 Å². The molecule has 0 amide bonds. The molecule has 86 valence electrons. The van der Waals surface area contributed by atoms with Gasteiger partial charge in [-0.1, -0.05) is 11.6 Å². The Morgan fingerprint density at radius 2 is 2.25 bits per heavy atom. The fourth-order valence-corrected chi connectivity index (χ4v) is 2.88. The predicted octanol–water partition coefficient (Wildman–Crippen LogP) is 3.58. The summed E-state index contributed by atoms with van der Waals surface area (Å²) in [5, 5.41) is 4.99. The summed E-state index contributed by atoms with van der Waals surface area (Å²) >= 11 is 7.87. The molecule has 0 N–H and O–H groups in total. The van der Waals surface area contributed by atoms with Crippen molar-refractivity contribution in [2.75, 3.05) is 0 Å². The molecule has 0 fully saturated rings. The molecule has 2 heterocycles. The molecule has 0 saturated heterocycles. The van der Waals surface area contributed by atoms with Crippen LogP contribution in [0.1, 0.15) is 17.0 Å². The molecule has 2 aromatic rings. The molecule has 5 heteroatoms. The van der Waals surface area contributed by atoms with E-state index >= 15 is 0 Å². The van der Waals surface area contributed by atoms with Crippen LogP contribution in [0.15, 0.2) is 21.6 Å². The average molecular weight is 257 g/mol. The quantitative estimate of drug-likeness (QED) is 0.787. The highest BCUT2D eigenvalue weighted by molar-refractivity contribution is 7.98. The van der Waals surface area contributed by atoms with Crippen molar-refractivity contribution < 1.29 is 4.42 Å². The Hall–Kier alpha value is -0.870. The third kappa shape index (κ3) is 2.13. The number of rotatable bonds is 3. The van der Waals surface area contributed by atoms with E-state index in [0.29, 0.717) is 5.15 Å². The topological polar surface area (TPSA) is 31.0 Å². The normalized spacial score (nSPS) is 11.0. The van der Waals surface area contributed by atoms with Gasteiger partial charge in [-0.15, -0.1) is 11.8 Å². The van der Waals surface area contributed by atoms with Crippen LogP contribution in [-0.2, 0) is 12.8 Å². The lowest BCUT2D eigenvalue weighted by Gasteiger charge is -2.00. The fourth-order valence-electron chi connectivity index (χ4n) is 1.51. The molecule has 0 atom stereocenters. The molecule has 0 aliphatic rings. The van der Waals surface area contributed by atoms with Gasteiger partial charge in [0.05, 0.1) is 12.0 Å². The van der Waals surface area contributed by atoms with Crippen LogP contribution in [-0.4, -0.2) is 9.78 Å². The van der Waals surface area contributed by atoms with Crippen LogP contribution in [0.5, 0.6) is 0 Å². The zero-order valence-electron chi connectivity index (χ0n) is 9.45. The maximum atomic E-state index is 6.16. The van der Waals surface area contributed by atoms with Crippen molar-refractivity contribution in [1.82, 2.24) is 9.78 Å². The molecule has 0 aliphatic carbocycles. The molecule has 2 rings (SSSR count). The first-order chi connectivity index (χ1) is 7.59. The van der Waals surface area contributed by atoms with Crippen molar-refractivity contribution >= 4 is 23.4 Å². The van der Waals surface area contributed by atoms with Crippen molar-refractivity contribution in [2.24, 2.45) is 7.05 Å². The van der Waals surface area contributed by atoms with Crippen LogP contribution in [0.2, 0.25) is 5.15 Å². The fraction of sp³-hybridized carbons (Fsp3) is 0.364. The van der Waals surface area contributed by atoms with Gasteiger partial charge in [0.15, 0.2) is 0 Å². The monoisotopic (exact) mass is 256 g/mol. The molecular weight excluding hydrogens is 244 g/mol. The minimum absolute atomic E-state index is 0.714. The summed E-state index contributed by atoms with van der Waals surface area (Å²) in [5.41, 5.74) is 2.08. The third-order valence-electron chi connectivity index (χ3n) is 2.45. The number of hydrogen-bond acceptors (Lipinski definition) is 3. The summed E-state index contributed by atoms with van der Waals surface area (Å²) in [6.45, 7) is 3.93. The second-order valence-corrected chi connectivity index (χ2v) is 4.98. The Morgan fingerprint density at radius 1 is 1.50 bits per heavy atom. The molecule has 0 spiro atoms. The summed E-state index contributed by atoms with van der Waals surface area (Å²) in [4.78, 5) is 1.15. The van der Waals surface area contributed by atoms with E-state index in [1.54, 1.807) is 22.7 Å². The zero-order chi connectivity index (χ0) is 11.7. The Bertz CT molecular complexity index is 504. The number of hydrogen-bond donors (Lipinski definition) is 0. The summed E-state index contributed by atoms with van der Waals surface area (Å²) < 4.78 is 6.95. The van der Waals surface area contributed by atoms with Gasteiger partial charge >= 0.3 is 0 Å². The molecule has 0 unspecified atom stereocenters. The number of aryl methyl sites for hydroxylation is 3. The SMILES string of the molecule is Cc1nn(C)c(Cl)c1CSc1ccoc1C. The summed E-state index contributed by atoms with van der Waals surface area (Å²) in [5.74, 6) is 1.77. The molecule has 0 saturated carbocycles. The van der Waals surface area contributed by atoms with Crippen LogP contribution in [0.3, 0.4) is 0 Å².